The Bertz CT molecular complexity index is 847. The molecule has 0 saturated heterocycles. The summed E-state index contributed by atoms with van der Waals surface area (Å²) in [6, 6.07) is 9.86. The summed E-state index contributed by atoms with van der Waals surface area (Å²) in [5.41, 5.74) is 1.83. The molecule has 7 heteroatoms. The maximum absolute atomic E-state index is 13.5. The molecule has 1 atom stereocenters. The third kappa shape index (κ3) is 4.85. The molecule has 2 amide bonds. The molecule has 2 heterocycles. The van der Waals surface area contributed by atoms with E-state index in [2.05, 4.69) is 4.57 Å². The molecule has 1 aromatic heterocycles. The number of carbonyl (C=O) groups excluding carboxylic acids is 2. The second-order valence-corrected chi connectivity index (χ2v) is 7.77. The highest BCUT2D eigenvalue weighted by Gasteiger charge is 2.33. The standard InChI is InChI=1S/C22H28FN3O3/c1-16(2)13-25(21(28)15-29-3)14-20(27)26-12-11-24-10-4-5-19(24)22(26)17-6-8-18(23)9-7-17/h4-10,16,22H,11-15H2,1-3H3. The van der Waals surface area contributed by atoms with Crippen molar-refractivity contribution in [3.63, 3.8) is 0 Å². The summed E-state index contributed by atoms with van der Waals surface area (Å²) in [5.74, 6) is -0.411. The van der Waals surface area contributed by atoms with Gasteiger partial charge in [-0.3, -0.25) is 9.59 Å². The van der Waals surface area contributed by atoms with Crippen molar-refractivity contribution in [2.75, 3.05) is 33.4 Å². The average Bonchev–Trinajstić information content (AvgIpc) is 3.16. The number of ether oxygens (including phenoxy) is 1. The van der Waals surface area contributed by atoms with E-state index in [0.717, 1.165) is 11.3 Å². The van der Waals surface area contributed by atoms with Gasteiger partial charge < -0.3 is 19.1 Å². The Morgan fingerprint density at radius 1 is 1.21 bits per heavy atom. The molecule has 0 aliphatic carbocycles. The van der Waals surface area contributed by atoms with Crippen molar-refractivity contribution in [2.45, 2.75) is 26.4 Å². The van der Waals surface area contributed by atoms with Crippen LogP contribution >= 0.6 is 0 Å². The van der Waals surface area contributed by atoms with Gasteiger partial charge in [-0.1, -0.05) is 26.0 Å². The van der Waals surface area contributed by atoms with Gasteiger partial charge in [0.25, 0.3) is 0 Å². The summed E-state index contributed by atoms with van der Waals surface area (Å²) < 4.78 is 20.5. The van der Waals surface area contributed by atoms with Gasteiger partial charge in [0, 0.05) is 38.6 Å². The average molecular weight is 401 g/mol. The smallest absolute Gasteiger partial charge is 0.249 e. The van der Waals surface area contributed by atoms with Gasteiger partial charge in [0.15, 0.2) is 0 Å². The lowest BCUT2D eigenvalue weighted by Gasteiger charge is -2.38. The number of methoxy groups -OCH3 is 1. The normalized spacial score (nSPS) is 16.0. The van der Waals surface area contributed by atoms with Gasteiger partial charge in [0.05, 0.1) is 12.6 Å². The van der Waals surface area contributed by atoms with Crippen molar-refractivity contribution in [3.8, 4) is 0 Å². The molecular weight excluding hydrogens is 373 g/mol. The zero-order chi connectivity index (χ0) is 21.0. The molecule has 0 spiro atoms. The highest BCUT2D eigenvalue weighted by molar-refractivity contribution is 5.86. The SMILES string of the molecule is COCC(=O)N(CC(=O)N1CCn2cccc2C1c1ccc(F)cc1)CC(C)C. The van der Waals surface area contributed by atoms with E-state index in [1.165, 1.54) is 19.2 Å². The molecule has 0 fully saturated rings. The molecule has 6 nitrogen and oxygen atoms in total. The molecule has 1 aliphatic rings. The van der Waals surface area contributed by atoms with Gasteiger partial charge in [-0.2, -0.15) is 0 Å². The number of fused-ring (bicyclic) bond motifs is 1. The third-order valence-electron chi connectivity index (χ3n) is 5.08. The summed E-state index contributed by atoms with van der Waals surface area (Å²) in [6.45, 7) is 5.65. The molecule has 0 N–H and O–H groups in total. The first kappa shape index (κ1) is 21.0. The molecule has 3 rings (SSSR count). The predicted octanol–water partition coefficient (Wildman–Crippen LogP) is 2.69. The van der Waals surface area contributed by atoms with E-state index in [4.69, 9.17) is 4.74 Å². The van der Waals surface area contributed by atoms with Gasteiger partial charge in [-0.25, -0.2) is 4.39 Å². The highest BCUT2D eigenvalue weighted by atomic mass is 19.1. The van der Waals surface area contributed by atoms with Gasteiger partial charge >= 0.3 is 0 Å². The zero-order valence-corrected chi connectivity index (χ0v) is 17.2. The maximum atomic E-state index is 13.5. The number of hydrogen-bond donors (Lipinski definition) is 0. The molecule has 2 aromatic rings. The first-order chi connectivity index (χ1) is 13.9. The summed E-state index contributed by atoms with van der Waals surface area (Å²) >= 11 is 0. The minimum absolute atomic E-state index is 0.00121. The van der Waals surface area contributed by atoms with Crippen molar-refractivity contribution < 1.29 is 18.7 Å². The van der Waals surface area contributed by atoms with Crippen LogP contribution in [0.1, 0.15) is 31.1 Å². The fourth-order valence-corrected chi connectivity index (χ4v) is 3.81. The van der Waals surface area contributed by atoms with Crippen molar-refractivity contribution >= 4 is 11.8 Å². The Morgan fingerprint density at radius 2 is 1.93 bits per heavy atom. The van der Waals surface area contributed by atoms with Crippen LogP contribution in [0.3, 0.4) is 0 Å². The van der Waals surface area contributed by atoms with Crippen molar-refractivity contribution in [2.24, 2.45) is 5.92 Å². The molecular formula is C22H28FN3O3. The fourth-order valence-electron chi connectivity index (χ4n) is 3.81. The lowest BCUT2D eigenvalue weighted by molar-refractivity contribution is -0.144. The largest absolute Gasteiger partial charge is 0.375 e. The Balaban J connectivity index is 1.87. The van der Waals surface area contributed by atoms with Crippen LogP contribution in [-0.4, -0.2) is 59.5 Å². The van der Waals surface area contributed by atoms with Crippen molar-refractivity contribution in [1.82, 2.24) is 14.4 Å². The molecule has 1 aromatic carbocycles. The van der Waals surface area contributed by atoms with Crippen molar-refractivity contribution in [1.29, 1.82) is 0 Å². The quantitative estimate of drug-likeness (QED) is 0.717. The lowest BCUT2D eigenvalue weighted by atomic mass is 9.99. The van der Waals surface area contributed by atoms with E-state index in [-0.39, 0.29) is 42.7 Å². The number of amides is 2. The van der Waals surface area contributed by atoms with Crippen LogP contribution in [0, 0.1) is 11.7 Å². The van der Waals surface area contributed by atoms with E-state index < -0.39 is 0 Å². The molecule has 0 bridgehead atoms. The predicted molar refractivity (Wildman–Crippen MR) is 108 cm³/mol. The van der Waals surface area contributed by atoms with Crippen LogP contribution in [0.15, 0.2) is 42.6 Å². The summed E-state index contributed by atoms with van der Waals surface area (Å²) in [4.78, 5) is 29.1. The van der Waals surface area contributed by atoms with Gasteiger partial charge in [-0.15, -0.1) is 0 Å². The Hall–Kier alpha value is -2.67. The molecule has 156 valence electrons. The number of hydrogen-bond acceptors (Lipinski definition) is 3. The summed E-state index contributed by atoms with van der Waals surface area (Å²) in [5, 5.41) is 0. The van der Waals surface area contributed by atoms with Crippen LogP contribution < -0.4 is 0 Å². The summed E-state index contributed by atoms with van der Waals surface area (Å²) in [7, 11) is 1.47. The van der Waals surface area contributed by atoms with E-state index in [1.54, 1.807) is 21.9 Å². The first-order valence-corrected chi connectivity index (χ1v) is 9.87. The number of rotatable bonds is 7. The van der Waals surface area contributed by atoms with E-state index in [0.29, 0.717) is 19.6 Å². The van der Waals surface area contributed by atoms with E-state index in [9.17, 15) is 14.0 Å². The van der Waals surface area contributed by atoms with Gasteiger partial charge in [0.1, 0.15) is 12.4 Å². The van der Waals surface area contributed by atoms with Crippen LogP contribution in [0.4, 0.5) is 4.39 Å². The van der Waals surface area contributed by atoms with Crippen LogP contribution in [0.2, 0.25) is 0 Å². The number of carbonyl (C=O) groups is 2. The molecule has 0 radical (unpaired) electrons. The Morgan fingerprint density at radius 3 is 2.59 bits per heavy atom. The molecule has 0 saturated carbocycles. The van der Waals surface area contributed by atoms with Crippen LogP contribution in [-0.2, 0) is 20.9 Å². The van der Waals surface area contributed by atoms with E-state index in [1.807, 2.05) is 32.2 Å². The van der Waals surface area contributed by atoms with Gasteiger partial charge in [0.2, 0.25) is 11.8 Å². The lowest BCUT2D eigenvalue weighted by Crippen LogP contribution is -2.49. The monoisotopic (exact) mass is 401 g/mol. The molecule has 1 aliphatic heterocycles. The number of aromatic nitrogens is 1. The second-order valence-electron chi connectivity index (χ2n) is 7.77. The fraction of sp³-hybridized carbons (Fsp3) is 0.455. The van der Waals surface area contributed by atoms with Crippen LogP contribution in [0.5, 0.6) is 0 Å². The maximum Gasteiger partial charge on any atom is 0.249 e. The summed E-state index contributed by atoms with van der Waals surface area (Å²) in [6.07, 6.45) is 1.99. The number of benzene rings is 1. The van der Waals surface area contributed by atoms with Crippen molar-refractivity contribution in [3.05, 3.63) is 59.7 Å². The first-order valence-electron chi connectivity index (χ1n) is 9.87. The molecule has 1 unspecified atom stereocenters. The van der Waals surface area contributed by atoms with Gasteiger partial charge in [-0.05, 0) is 35.7 Å². The number of halogens is 1. The third-order valence-corrected chi connectivity index (χ3v) is 5.08. The highest BCUT2D eigenvalue weighted by Crippen LogP contribution is 2.32. The Kier molecular flexibility index (Phi) is 6.69. The van der Waals surface area contributed by atoms with Crippen LogP contribution in [0.25, 0.3) is 0 Å². The Labute approximate surface area is 170 Å². The minimum Gasteiger partial charge on any atom is -0.375 e. The molecule has 29 heavy (non-hydrogen) atoms. The van der Waals surface area contributed by atoms with E-state index >= 15 is 0 Å². The minimum atomic E-state index is -0.315. The zero-order valence-electron chi connectivity index (χ0n) is 17.2. The second kappa shape index (κ2) is 9.22. The topological polar surface area (TPSA) is 54.8 Å². The number of nitrogens with zero attached hydrogens (tertiary/aromatic N) is 3.